The quantitative estimate of drug-likeness (QED) is 0.739. The second kappa shape index (κ2) is 6.26. The number of carbonyl (C=O) groups excluding carboxylic acids is 1. The normalized spacial score (nSPS) is 11.0. The van der Waals surface area contributed by atoms with E-state index in [1.807, 2.05) is 10.6 Å². The summed E-state index contributed by atoms with van der Waals surface area (Å²) in [4.78, 5) is 20.1. The Bertz CT molecular complexity index is 843. The van der Waals surface area contributed by atoms with Crippen molar-refractivity contribution in [3.63, 3.8) is 0 Å². The van der Waals surface area contributed by atoms with Crippen molar-refractivity contribution in [3.05, 3.63) is 48.0 Å². The van der Waals surface area contributed by atoms with E-state index in [4.69, 9.17) is 16.3 Å². The molecule has 118 valence electrons. The van der Waals surface area contributed by atoms with Gasteiger partial charge in [0, 0.05) is 18.6 Å². The number of hydrogen-bond donors (Lipinski definition) is 1. The molecule has 0 aliphatic rings. The molecule has 7 heteroatoms. The molecule has 0 radical (unpaired) electrons. The van der Waals surface area contributed by atoms with Crippen LogP contribution in [0.15, 0.2) is 43.0 Å². The fourth-order valence-corrected chi connectivity index (χ4v) is 2.19. The fourth-order valence-electron chi connectivity index (χ4n) is 1.98. The first kappa shape index (κ1) is 15.3. The monoisotopic (exact) mass is 330 g/mol. The number of anilines is 2. The van der Waals surface area contributed by atoms with E-state index in [1.165, 1.54) is 6.20 Å². The summed E-state index contributed by atoms with van der Waals surface area (Å²) in [5.41, 5.74) is 1.48. The summed E-state index contributed by atoms with van der Waals surface area (Å²) in [6.07, 6.45) is 6.78. The number of halogens is 1. The standard InChI is InChI=1S/C16H15ClN4O2/c1-10(2)16(22)23-12-3-4-14(19-8-12)20-13-7-11(17)9-21-6-5-18-15(13)21/h3-10H,1-2H3,(H,19,20). The summed E-state index contributed by atoms with van der Waals surface area (Å²) in [6.45, 7) is 3.56. The average Bonchev–Trinajstić information content (AvgIpc) is 2.97. The van der Waals surface area contributed by atoms with Crippen molar-refractivity contribution in [1.29, 1.82) is 0 Å². The lowest BCUT2D eigenvalue weighted by molar-refractivity contribution is -0.137. The Morgan fingerprint density at radius 1 is 1.35 bits per heavy atom. The van der Waals surface area contributed by atoms with Crippen LogP contribution in [-0.2, 0) is 4.79 Å². The lowest BCUT2D eigenvalue weighted by Crippen LogP contribution is -2.14. The Morgan fingerprint density at radius 3 is 2.87 bits per heavy atom. The van der Waals surface area contributed by atoms with Crippen LogP contribution in [0.2, 0.25) is 5.02 Å². The van der Waals surface area contributed by atoms with E-state index in [9.17, 15) is 4.79 Å². The molecule has 0 aromatic carbocycles. The number of esters is 1. The van der Waals surface area contributed by atoms with Crippen LogP contribution >= 0.6 is 11.6 Å². The van der Waals surface area contributed by atoms with Crippen molar-refractivity contribution < 1.29 is 9.53 Å². The maximum absolute atomic E-state index is 11.6. The van der Waals surface area contributed by atoms with Gasteiger partial charge in [0.1, 0.15) is 11.6 Å². The van der Waals surface area contributed by atoms with Gasteiger partial charge in [0.15, 0.2) is 5.65 Å². The molecule has 23 heavy (non-hydrogen) atoms. The van der Waals surface area contributed by atoms with Crippen LogP contribution in [-0.4, -0.2) is 20.3 Å². The predicted molar refractivity (Wildman–Crippen MR) is 88.2 cm³/mol. The molecule has 6 nitrogen and oxygen atoms in total. The molecule has 0 aliphatic carbocycles. The average molecular weight is 331 g/mol. The van der Waals surface area contributed by atoms with Crippen LogP contribution in [0, 0.1) is 5.92 Å². The Morgan fingerprint density at radius 2 is 2.17 bits per heavy atom. The molecular weight excluding hydrogens is 316 g/mol. The molecule has 1 N–H and O–H groups in total. The van der Waals surface area contributed by atoms with E-state index in [0.29, 0.717) is 16.6 Å². The van der Waals surface area contributed by atoms with E-state index in [1.54, 1.807) is 44.4 Å². The van der Waals surface area contributed by atoms with Crippen LogP contribution in [0.5, 0.6) is 5.75 Å². The summed E-state index contributed by atoms with van der Waals surface area (Å²) in [5, 5.41) is 3.74. The lowest BCUT2D eigenvalue weighted by atomic mass is 10.2. The Labute approximate surface area is 138 Å². The summed E-state index contributed by atoms with van der Waals surface area (Å²) >= 11 is 6.09. The molecule has 0 saturated heterocycles. The number of nitrogens with one attached hydrogen (secondary N) is 1. The van der Waals surface area contributed by atoms with Crippen LogP contribution in [0.3, 0.4) is 0 Å². The lowest BCUT2D eigenvalue weighted by Gasteiger charge is -2.09. The van der Waals surface area contributed by atoms with Crippen LogP contribution in [0.1, 0.15) is 13.8 Å². The highest BCUT2D eigenvalue weighted by Gasteiger charge is 2.10. The van der Waals surface area contributed by atoms with Crippen molar-refractivity contribution >= 4 is 34.7 Å². The van der Waals surface area contributed by atoms with E-state index in [0.717, 1.165) is 11.3 Å². The van der Waals surface area contributed by atoms with Crippen LogP contribution in [0.4, 0.5) is 11.5 Å². The first-order chi connectivity index (χ1) is 11.0. The molecule has 3 heterocycles. The van der Waals surface area contributed by atoms with Gasteiger partial charge >= 0.3 is 5.97 Å². The molecule has 0 atom stereocenters. The molecule has 3 rings (SSSR count). The third-order valence-corrected chi connectivity index (χ3v) is 3.35. The third kappa shape index (κ3) is 3.43. The molecule has 3 aromatic rings. The first-order valence-electron chi connectivity index (χ1n) is 7.10. The van der Waals surface area contributed by atoms with Gasteiger partial charge in [0.2, 0.25) is 0 Å². The summed E-state index contributed by atoms with van der Waals surface area (Å²) in [5.74, 6) is 0.530. The zero-order valence-corrected chi connectivity index (χ0v) is 13.4. The van der Waals surface area contributed by atoms with Gasteiger partial charge in [-0.1, -0.05) is 25.4 Å². The number of imidazole rings is 1. The number of carbonyl (C=O) groups is 1. The summed E-state index contributed by atoms with van der Waals surface area (Å²) < 4.78 is 7.01. The Hall–Kier alpha value is -2.60. The number of rotatable bonds is 4. The molecule has 0 fully saturated rings. The minimum Gasteiger partial charge on any atom is -0.425 e. The highest BCUT2D eigenvalue weighted by Crippen LogP contribution is 2.24. The van der Waals surface area contributed by atoms with Gasteiger partial charge in [-0.15, -0.1) is 0 Å². The van der Waals surface area contributed by atoms with Gasteiger partial charge in [-0.05, 0) is 18.2 Å². The van der Waals surface area contributed by atoms with E-state index < -0.39 is 0 Å². The highest BCUT2D eigenvalue weighted by atomic mass is 35.5. The van der Waals surface area contributed by atoms with Gasteiger partial charge in [0.25, 0.3) is 0 Å². The number of pyridine rings is 2. The Kier molecular flexibility index (Phi) is 4.16. The number of nitrogens with zero attached hydrogens (tertiary/aromatic N) is 3. The van der Waals surface area contributed by atoms with Gasteiger partial charge < -0.3 is 14.5 Å². The number of aromatic nitrogens is 3. The molecule has 0 saturated carbocycles. The number of fused-ring (bicyclic) bond motifs is 1. The minimum atomic E-state index is -0.290. The maximum atomic E-state index is 11.6. The predicted octanol–water partition coefficient (Wildman–Crippen LogP) is 3.69. The maximum Gasteiger partial charge on any atom is 0.313 e. The molecule has 0 unspecified atom stereocenters. The van der Waals surface area contributed by atoms with Crippen molar-refractivity contribution in [3.8, 4) is 5.75 Å². The molecule has 0 amide bonds. The van der Waals surface area contributed by atoms with Crippen molar-refractivity contribution in [1.82, 2.24) is 14.4 Å². The van der Waals surface area contributed by atoms with Gasteiger partial charge in [-0.25, -0.2) is 9.97 Å². The molecular formula is C16H15ClN4O2. The number of hydrogen-bond acceptors (Lipinski definition) is 5. The highest BCUT2D eigenvalue weighted by molar-refractivity contribution is 6.30. The zero-order valence-electron chi connectivity index (χ0n) is 12.7. The first-order valence-corrected chi connectivity index (χ1v) is 7.48. The van der Waals surface area contributed by atoms with Crippen molar-refractivity contribution in [2.45, 2.75) is 13.8 Å². The SMILES string of the molecule is CC(C)C(=O)Oc1ccc(Nc2cc(Cl)cn3ccnc23)nc1. The fraction of sp³-hybridized carbons (Fsp3) is 0.188. The zero-order chi connectivity index (χ0) is 16.4. The third-order valence-electron chi connectivity index (χ3n) is 3.14. The van der Waals surface area contributed by atoms with Gasteiger partial charge in [-0.2, -0.15) is 0 Å². The van der Waals surface area contributed by atoms with E-state index in [-0.39, 0.29) is 11.9 Å². The van der Waals surface area contributed by atoms with Crippen LogP contribution in [0.25, 0.3) is 5.65 Å². The van der Waals surface area contributed by atoms with Crippen molar-refractivity contribution in [2.75, 3.05) is 5.32 Å². The summed E-state index contributed by atoms with van der Waals surface area (Å²) in [7, 11) is 0. The number of ether oxygens (including phenoxy) is 1. The second-order valence-electron chi connectivity index (χ2n) is 5.31. The molecule has 0 aliphatic heterocycles. The van der Waals surface area contributed by atoms with Crippen molar-refractivity contribution in [2.24, 2.45) is 5.92 Å². The minimum absolute atomic E-state index is 0.187. The topological polar surface area (TPSA) is 68.5 Å². The van der Waals surface area contributed by atoms with Crippen LogP contribution < -0.4 is 10.1 Å². The molecule has 0 spiro atoms. The largest absolute Gasteiger partial charge is 0.425 e. The molecule has 3 aromatic heterocycles. The Balaban J connectivity index is 1.80. The smallest absolute Gasteiger partial charge is 0.313 e. The van der Waals surface area contributed by atoms with E-state index in [2.05, 4.69) is 15.3 Å². The van der Waals surface area contributed by atoms with E-state index >= 15 is 0 Å². The molecule has 0 bridgehead atoms. The van der Waals surface area contributed by atoms with Gasteiger partial charge in [-0.3, -0.25) is 4.79 Å². The van der Waals surface area contributed by atoms with Gasteiger partial charge in [0.05, 0.1) is 22.8 Å². The summed E-state index contributed by atoms with van der Waals surface area (Å²) in [6, 6.07) is 5.18. The second-order valence-corrected chi connectivity index (χ2v) is 5.75.